The van der Waals surface area contributed by atoms with Crippen molar-refractivity contribution in [2.75, 3.05) is 12.3 Å². The molecule has 0 aliphatic heterocycles. The molecule has 0 heterocycles. The third-order valence-electron chi connectivity index (χ3n) is 0.748. The first-order valence-corrected chi connectivity index (χ1v) is 3.92. The number of rotatable bonds is 4. The first-order chi connectivity index (χ1) is 4.18. The predicted octanol–water partition coefficient (Wildman–Crippen LogP) is 0.307. The minimum absolute atomic E-state index is 0.00810. The van der Waals surface area contributed by atoms with Gasteiger partial charge < -0.3 is 5.73 Å². The Morgan fingerprint density at radius 2 is 2.11 bits per heavy atom. The van der Waals surface area contributed by atoms with Gasteiger partial charge in [0.15, 0.2) is 0 Å². The van der Waals surface area contributed by atoms with Crippen molar-refractivity contribution >= 4 is 10.8 Å². The summed E-state index contributed by atoms with van der Waals surface area (Å²) in [5, 5.41) is 0. The highest BCUT2D eigenvalue weighted by Gasteiger charge is 2.10. The molecule has 0 spiro atoms. The summed E-state index contributed by atoms with van der Waals surface area (Å²) in [5.74, 6) is -2.70. The Hall–Kier alpha value is -0.0300. The minimum atomic E-state index is -2.71. The van der Waals surface area contributed by atoms with Gasteiger partial charge in [-0.15, -0.1) is 0 Å². The Labute approximate surface area is 54.9 Å². The first-order valence-electron chi connectivity index (χ1n) is 2.54. The van der Waals surface area contributed by atoms with E-state index >= 15 is 0 Å². The van der Waals surface area contributed by atoms with Crippen molar-refractivity contribution in [1.29, 1.82) is 0 Å². The van der Waals surface area contributed by atoms with Gasteiger partial charge in [-0.05, 0) is 13.0 Å². The lowest BCUT2D eigenvalue weighted by atomic mass is 10.5. The number of hydrogen-bond donors (Lipinski definition) is 1. The van der Waals surface area contributed by atoms with E-state index in [0.29, 0.717) is 13.0 Å². The van der Waals surface area contributed by atoms with E-state index in [9.17, 15) is 13.0 Å². The molecule has 2 nitrogen and oxygen atoms in total. The second kappa shape index (κ2) is 4.81. The van der Waals surface area contributed by atoms with Gasteiger partial charge in [0.1, 0.15) is 0 Å². The maximum atomic E-state index is 11.4. The molecule has 0 aromatic rings. The van der Waals surface area contributed by atoms with Crippen LogP contribution in [-0.2, 0) is 10.8 Å². The van der Waals surface area contributed by atoms with E-state index < -0.39 is 16.6 Å². The van der Waals surface area contributed by atoms with Crippen LogP contribution in [0.1, 0.15) is 6.42 Å². The second-order valence-electron chi connectivity index (χ2n) is 1.49. The van der Waals surface area contributed by atoms with Gasteiger partial charge >= 0.3 is 5.76 Å². The van der Waals surface area contributed by atoms with Gasteiger partial charge in [0, 0.05) is 5.75 Å². The Kier molecular flexibility index (Phi) is 4.80. The van der Waals surface area contributed by atoms with Crippen LogP contribution in [0.15, 0.2) is 0 Å². The molecule has 0 saturated heterocycles. The summed E-state index contributed by atoms with van der Waals surface area (Å²) in [4.78, 5) is 0. The monoisotopic (exact) mass is 157 g/mol. The lowest BCUT2D eigenvalue weighted by molar-refractivity contribution is 0.244. The summed E-state index contributed by atoms with van der Waals surface area (Å²) >= 11 is 0. The third-order valence-corrected chi connectivity index (χ3v) is 1.84. The maximum absolute atomic E-state index is 11.4. The molecule has 0 amide bonds. The molecule has 0 saturated carbocycles. The zero-order valence-electron chi connectivity index (χ0n) is 4.85. The Bertz CT molecular complexity index is 98.6. The van der Waals surface area contributed by atoms with Gasteiger partial charge in [-0.2, -0.15) is 8.78 Å². The fraction of sp³-hybridized carbons (Fsp3) is 1.00. The van der Waals surface area contributed by atoms with Crippen LogP contribution < -0.4 is 5.73 Å². The van der Waals surface area contributed by atoms with Crippen molar-refractivity contribution in [3.8, 4) is 0 Å². The highest BCUT2D eigenvalue weighted by molar-refractivity contribution is 7.85. The molecule has 1 atom stereocenters. The summed E-state index contributed by atoms with van der Waals surface area (Å²) < 4.78 is 33.0. The van der Waals surface area contributed by atoms with Crippen LogP contribution in [0.2, 0.25) is 0 Å². The smallest absolute Gasteiger partial charge is 0.311 e. The Morgan fingerprint density at radius 3 is 2.44 bits per heavy atom. The molecule has 5 heteroatoms. The SMILES string of the molecule is NCCCS(=O)C(F)F. The second-order valence-corrected chi connectivity index (χ2v) is 3.01. The molecule has 56 valence electrons. The summed E-state index contributed by atoms with van der Waals surface area (Å²) in [6, 6.07) is 0. The molecule has 0 aliphatic rings. The summed E-state index contributed by atoms with van der Waals surface area (Å²) in [7, 11) is -1.98. The van der Waals surface area contributed by atoms with Crippen molar-refractivity contribution in [2.24, 2.45) is 5.73 Å². The quantitative estimate of drug-likeness (QED) is 0.638. The number of nitrogens with two attached hydrogens (primary N) is 1. The van der Waals surface area contributed by atoms with Crippen LogP contribution in [0, 0.1) is 0 Å². The predicted molar refractivity (Wildman–Crippen MR) is 32.7 cm³/mol. The van der Waals surface area contributed by atoms with E-state index in [4.69, 9.17) is 5.73 Å². The molecular formula is C4H9F2NOS. The van der Waals surface area contributed by atoms with E-state index in [0.717, 1.165) is 0 Å². The van der Waals surface area contributed by atoms with Gasteiger partial charge in [-0.3, -0.25) is 4.21 Å². The van der Waals surface area contributed by atoms with Crippen molar-refractivity contribution in [1.82, 2.24) is 0 Å². The summed E-state index contributed by atoms with van der Waals surface area (Å²) in [6.45, 7) is 0.318. The number of alkyl halides is 2. The van der Waals surface area contributed by atoms with Crippen LogP contribution in [0.25, 0.3) is 0 Å². The van der Waals surface area contributed by atoms with E-state index in [2.05, 4.69) is 0 Å². The van der Waals surface area contributed by atoms with Gasteiger partial charge in [0.25, 0.3) is 0 Å². The molecule has 2 N–H and O–H groups in total. The van der Waals surface area contributed by atoms with Crippen molar-refractivity contribution in [2.45, 2.75) is 12.2 Å². The van der Waals surface area contributed by atoms with Crippen molar-refractivity contribution in [3.05, 3.63) is 0 Å². The molecular weight excluding hydrogens is 148 g/mol. The third kappa shape index (κ3) is 4.47. The lowest BCUT2D eigenvalue weighted by Gasteiger charge is -1.96. The van der Waals surface area contributed by atoms with Crippen LogP contribution in [-0.4, -0.2) is 22.3 Å². The highest BCUT2D eigenvalue weighted by Crippen LogP contribution is 2.00. The zero-order chi connectivity index (χ0) is 7.28. The minimum Gasteiger partial charge on any atom is -0.330 e. The standard InChI is InChI=1S/C4H9F2NOS/c5-4(6)9(8)3-1-2-7/h4H,1-3,7H2. The van der Waals surface area contributed by atoms with Crippen LogP contribution in [0.3, 0.4) is 0 Å². The zero-order valence-corrected chi connectivity index (χ0v) is 5.66. The molecule has 1 unspecified atom stereocenters. The molecule has 0 radical (unpaired) electrons. The van der Waals surface area contributed by atoms with Crippen LogP contribution in [0.4, 0.5) is 8.78 Å². The number of hydrogen-bond acceptors (Lipinski definition) is 2. The average molecular weight is 157 g/mol. The number of halogens is 2. The normalized spacial score (nSPS) is 14.2. The molecule has 0 aliphatic carbocycles. The maximum Gasteiger partial charge on any atom is 0.311 e. The van der Waals surface area contributed by atoms with E-state index in [1.54, 1.807) is 0 Å². The van der Waals surface area contributed by atoms with Crippen LogP contribution in [0.5, 0.6) is 0 Å². The molecule has 0 aromatic heterocycles. The van der Waals surface area contributed by atoms with Crippen molar-refractivity contribution < 1.29 is 13.0 Å². The van der Waals surface area contributed by atoms with Gasteiger partial charge in [-0.1, -0.05) is 0 Å². The summed E-state index contributed by atoms with van der Waals surface area (Å²) in [6.07, 6.45) is 0.400. The Morgan fingerprint density at radius 1 is 1.56 bits per heavy atom. The Balaban J connectivity index is 3.28. The summed E-state index contributed by atoms with van der Waals surface area (Å²) in [5.41, 5.74) is 5.00. The topological polar surface area (TPSA) is 43.1 Å². The van der Waals surface area contributed by atoms with E-state index in [-0.39, 0.29) is 5.75 Å². The lowest BCUT2D eigenvalue weighted by Crippen LogP contribution is -2.10. The molecule has 0 rings (SSSR count). The molecule has 9 heavy (non-hydrogen) atoms. The van der Waals surface area contributed by atoms with Gasteiger partial charge in [0.05, 0.1) is 10.8 Å². The van der Waals surface area contributed by atoms with E-state index in [1.807, 2.05) is 0 Å². The average Bonchev–Trinajstić information content (AvgIpc) is 1.82. The fourth-order valence-corrected chi connectivity index (χ4v) is 0.944. The van der Waals surface area contributed by atoms with Gasteiger partial charge in [0.2, 0.25) is 0 Å². The largest absolute Gasteiger partial charge is 0.330 e. The van der Waals surface area contributed by atoms with E-state index in [1.165, 1.54) is 0 Å². The van der Waals surface area contributed by atoms with Crippen molar-refractivity contribution in [3.63, 3.8) is 0 Å². The highest BCUT2D eigenvalue weighted by atomic mass is 32.2. The first kappa shape index (κ1) is 8.97. The molecule has 0 bridgehead atoms. The molecule has 0 aromatic carbocycles. The van der Waals surface area contributed by atoms with Gasteiger partial charge in [-0.25, -0.2) is 0 Å². The molecule has 0 fully saturated rings. The van der Waals surface area contributed by atoms with Crippen LogP contribution >= 0.6 is 0 Å². The fourth-order valence-electron chi connectivity index (χ4n) is 0.315.